The summed E-state index contributed by atoms with van der Waals surface area (Å²) >= 11 is 0. The Morgan fingerprint density at radius 3 is 1.93 bits per heavy atom. The fourth-order valence-corrected chi connectivity index (χ4v) is 4.48. The minimum atomic E-state index is -4.30. The van der Waals surface area contributed by atoms with Crippen LogP contribution in [0.4, 0.5) is 0 Å². The maximum atomic E-state index is 12.4. The van der Waals surface area contributed by atoms with Crippen LogP contribution in [0.25, 0.3) is 0 Å². The quantitative estimate of drug-likeness (QED) is 0.308. The van der Waals surface area contributed by atoms with Gasteiger partial charge in [-0.3, -0.25) is 4.79 Å². The molecule has 0 saturated carbocycles. The fraction of sp³-hybridized carbons (Fsp3) is 0.435. The minimum Gasteiger partial charge on any atom is -0.790 e. The van der Waals surface area contributed by atoms with Crippen molar-refractivity contribution < 1.29 is 43.8 Å². The van der Waals surface area contributed by atoms with Crippen molar-refractivity contribution in [3.05, 3.63) is 65.7 Å². The second-order valence-corrected chi connectivity index (χ2v) is 9.14. The zero-order chi connectivity index (χ0) is 19.5. The summed E-state index contributed by atoms with van der Waals surface area (Å²) in [5.41, 5.74) is 0.571. The molecule has 0 N–H and O–H groups in total. The van der Waals surface area contributed by atoms with Crippen molar-refractivity contribution in [3.8, 4) is 0 Å². The van der Waals surface area contributed by atoms with E-state index >= 15 is 0 Å². The summed E-state index contributed by atoms with van der Waals surface area (Å²) in [6.07, 6.45) is 11.2. The van der Waals surface area contributed by atoms with Crippen LogP contribution in [0, 0.1) is 0 Å². The summed E-state index contributed by atoms with van der Waals surface area (Å²) in [6, 6.07) is 14.9. The van der Waals surface area contributed by atoms with E-state index in [1.165, 1.54) is 57.1 Å². The van der Waals surface area contributed by atoms with Gasteiger partial charge in [0.1, 0.15) is 7.37 Å². The molecule has 0 aliphatic heterocycles. The molecule has 0 aliphatic rings. The van der Waals surface area contributed by atoms with E-state index in [0.717, 1.165) is 18.4 Å². The largest absolute Gasteiger partial charge is 1.00 e. The third-order valence-corrected chi connectivity index (χ3v) is 6.65. The minimum absolute atomic E-state index is 0. The van der Waals surface area contributed by atoms with Gasteiger partial charge in [0.15, 0.2) is 0 Å². The summed E-state index contributed by atoms with van der Waals surface area (Å²) in [6.45, 7) is 2.23. The van der Waals surface area contributed by atoms with Crippen LogP contribution in [0.2, 0.25) is 0 Å². The molecule has 0 radical (unpaired) electrons. The molecule has 3 nitrogen and oxygen atoms in total. The maximum Gasteiger partial charge on any atom is 1.00 e. The molecule has 2 aromatic rings. The van der Waals surface area contributed by atoms with Crippen molar-refractivity contribution in [2.24, 2.45) is 0 Å². The average Bonchev–Trinajstić information content (AvgIpc) is 2.70. The molecule has 28 heavy (non-hydrogen) atoms. The molecule has 0 fully saturated rings. The SMILES string of the molecule is CCCCCCCCCCc1ccc(C(=O)P(=O)([O-])c2ccccc2)cc1.[Na+]. The van der Waals surface area contributed by atoms with Gasteiger partial charge in [-0.25, -0.2) is 0 Å². The predicted molar refractivity (Wildman–Crippen MR) is 111 cm³/mol. The third kappa shape index (κ3) is 7.97. The van der Waals surface area contributed by atoms with E-state index in [2.05, 4.69) is 6.92 Å². The molecule has 0 saturated heterocycles. The second-order valence-electron chi connectivity index (χ2n) is 7.11. The summed E-state index contributed by atoms with van der Waals surface area (Å²) in [7, 11) is -4.30. The zero-order valence-corrected chi connectivity index (χ0v) is 20.1. The van der Waals surface area contributed by atoms with Crippen LogP contribution in [0.3, 0.4) is 0 Å². The van der Waals surface area contributed by atoms with Crippen LogP contribution < -0.4 is 39.8 Å². The molecule has 1 unspecified atom stereocenters. The Hall–Kier alpha value is -0.700. The Bertz CT molecular complexity index is 744. The average molecular weight is 408 g/mol. The van der Waals surface area contributed by atoms with Gasteiger partial charge in [0.25, 0.3) is 0 Å². The summed E-state index contributed by atoms with van der Waals surface area (Å²) in [4.78, 5) is 24.8. The number of unbranched alkanes of at least 4 members (excludes halogenated alkanes) is 7. The van der Waals surface area contributed by atoms with Gasteiger partial charge in [0, 0.05) is 10.9 Å². The predicted octanol–water partition coefficient (Wildman–Crippen LogP) is 2.48. The molecule has 0 spiro atoms. The van der Waals surface area contributed by atoms with E-state index in [9.17, 15) is 14.3 Å². The number of carbonyl (C=O) groups excluding carboxylic acids is 1. The molecule has 5 heteroatoms. The first kappa shape index (κ1) is 25.3. The van der Waals surface area contributed by atoms with Gasteiger partial charge in [-0.2, -0.15) is 0 Å². The first-order valence-electron chi connectivity index (χ1n) is 10.1. The number of hydrogen-bond acceptors (Lipinski definition) is 3. The van der Waals surface area contributed by atoms with E-state index in [0.29, 0.717) is 0 Å². The normalized spacial score (nSPS) is 12.8. The van der Waals surface area contributed by atoms with Crippen molar-refractivity contribution in [3.63, 3.8) is 0 Å². The number of aryl methyl sites for hydroxylation is 1. The summed E-state index contributed by atoms with van der Waals surface area (Å²) in [5, 5.41) is 0.0676. The van der Waals surface area contributed by atoms with Crippen LogP contribution in [0.5, 0.6) is 0 Å². The molecular weight excluding hydrogens is 378 g/mol. The van der Waals surface area contributed by atoms with Gasteiger partial charge in [-0.05, 0) is 18.4 Å². The van der Waals surface area contributed by atoms with E-state index in [1.807, 2.05) is 12.1 Å². The molecule has 0 bridgehead atoms. The molecule has 0 amide bonds. The monoisotopic (exact) mass is 408 g/mol. The van der Waals surface area contributed by atoms with Gasteiger partial charge >= 0.3 is 29.6 Å². The molecule has 2 aromatic carbocycles. The van der Waals surface area contributed by atoms with Crippen molar-refractivity contribution >= 4 is 18.2 Å². The molecule has 0 aromatic heterocycles. The number of hydrogen-bond donors (Lipinski definition) is 0. The van der Waals surface area contributed by atoms with Crippen LogP contribution in [0.1, 0.15) is 74.2 Å². The standard InChI is InChI=1S/C23H31O3P.Na/c1-2-3-4-5-6-7-8-10-13-20-16-18-21(19-17-20)23(24)27(25,26)22-14-11-9-12-15-22;/h9,11-12,14-19H,2-8,10,13H2,1H3,(H,25,26);/q;+1/p-1. The smallest absolute Gasteiger partial charge is 0.790 e. The Kier molecular flexibility index (Phi) is 12.2. The third-order valence-electron chi connectivity index (χ3n) is 4.88. The van der Waals surface area contributed by atoms with Crippen LogP contribution in [-0.2, 0) is 11.0 Å². The fourth-order valence-electron chi connectivity index (χ4n) is 3.19. The second kappa shape index (κ2) is 13.5. The Morgan fingerprint density at radius 2 is 1.36 bits per heavy atom. The van der Waals surface area contributed by atoms with E-state index in [-0.39, 0.29) is 40.4 Å². The summed E-state index contributed by atoms with van der Waals surface area (Å²) in [5.74, 6) is 0. The van der Waals surface area contributed by atoms with Gasteiger partial charge in [-0.15, -0.1) is 0 Å². The Morgan fingerprint density at radius 1 is 0.821 bits per heavy atom. The van der Waals surface area contributed by atoms with Crippen LogP contribution >= 0.6 is 7.37 Å². The van der Waals surface area contributed by atoms with Crippen LogP contribution in [0.15, 0.2) is 54.6 Å². The first-order chi connectivity index (χ1) is 13.1. The van der Waals surface area contributed by atoms with Crippen molar-refractivity contribution in [1.82, 2.24) is 0 Å². The van der Waals surface area contributed by atoms with Gasteiger partial charge in [0.05, 0.1) is 0 Å². The Balaban J connectivity index is 0.00000392. The number of rotatable bonds is 12. The van der Waals surface area contributed by atoms with Gasteiger partial charge < -0.3 is 9.46 Å². The van der Waals surface area contributed by atoms with Crippen LogP contribution in [-0.4, -0.2) is 5.52 Å². The zero-order valence-electron chi connectivity index (χ0n) is 17.2. The van der Waals surface area contributed by atoms with Gasteiger partial charge in [-0.1, -0.05) is 106 Å². The summed E-state index contributed by atoms with van der Waals surface area (Å²) < 4.78 is 12.4. The Labute approximate surface area is 191 Å². The molecule has 2 rings (SSSR count). The number of carbonyl (C=O) groups is 1. The molecule has 146 valence electrons. The van der Waals surface area contributed by atoms with Crippen molar-refractivity contribution in [1.29, 1.82) is 0 Å². The van der Waals surface area contributed by atoms with Gasteiger partial charge in [0.2, 0.25) is 5.52 Å². The van der Waals surface area contributed by atoms with E-state index in [4.69, 9.17) is 0 Å². The molecule has 0 heterocycles. The molecule has 1 atom stereocenters. The van der Waals surface area contributed by atoms with Crippen molar-refractivity contribution in [2.45, 2.75) is 64.7 Å². The van der Waals surface area contributed by atoms with Crippen molar-refractivity contribution in [2.75, 3.05) is 0 Å². The number of benzene rings is 2. The maximum absolute atomic E-state index is 12.4. The van der Waals surface area contributed by atoms with E-state index in [1.54, 1.807) is 30.3 Å². The molecule has 0 aliphatic carbocycles. The topological polar surface area (TPSA) is 57.2 Å². The molecular formula is C23H30NaO3P. The first-order valence-corrected chi connectivity index (χ1v) is 11.7. The van der Waals surface area contributed by atoms with E-state index < -0.39 is 12.9 Å².